The highest BCUT2D eigenvalue weighted by atomic mass is 16.8. The third-order valence-corrected chi connectivity index (χ3v) is 6.61. The second kappa shape index (κ2) is 10.2. The highest BCUT2D eigenvalue weighted by Crippen LogP contribution is 2.35. The number of phenolic OH excluding ortho intramolecular Hbond substituents is 1. The number of fused-ring (bicyclic) bond motifs is 1. The summed E-state index contributed by atoms with van der Waals surface area (Å²) in [6, 6.07) is 24.2. The van der Waals surface area contributed by atoms with E-state index in [-0.39, 0.29) is 36.1 Å². The molecule has 2 heterocycles. The Morgan fingerprint density at radius 1 is 0.778 bits per heavy atom. The topological polar surface area (TPSA) is 89.0 Å². The number of phenols is 1. The van der Waals surface area contributed by atoms with Crippen LogP contribution in [0, 0.1) is 0 Å². The number of benzene rings is 3. The SMILES string of the molecule is CC1(C)O[C@@H]2[C@@H](O1)[C@@H](Cc1ccc(OCc3ccccc3)cc1)NC(=O)N[C@@H]2Cc1ccc(O)cc1. The van der Waals surface area contributed by atoms with E-state index in [1.807, 2.05) is 80.6 Å². The zero-order chi connectivity index (χ0) is 25.1. The van der Waals surface area contributed by atoms with Crippen molar-refractivity contribution in [1.29, 1.82) is 0 Å². The molecule has 0 aliphatic carbocycles. The molecular formula is C29H32N2O5. The number of amides is 2. The molecule has 5 rings (SSSR count). The van der Waals surface area contributed by atoms with Crippen LogP contribution in [0.3, 0.4) is 0 Å². The minimum absolute atomic E-state index is 0.210. The van der Waals surface area contributed by atoms with Crippen LogP contribution in [0.25, 0.3) is 0 Å². The smallest absolute Gasteiger partial charge is 0.315 e. The molecule has 36 heavy (non-hydrogen) atoms. The lowest BCUT2D eigenvalue weighted by Gasteiger charge is -2.26. The summed E-state index contributed by atoms with van der Waals surface area (Å²) in [5.41, 5.74) is 3.18. The maximum Gasteiger partial charge on any atom is 0.315 e. The van der Waals surface area contributed by atoms with E-state index in [9.17, 15) is 9.90 Å². The molecule has 0 bridgehead atoms. The molecule has 4 atom stereocenters. The van der Waals surface area contributed by atoms with Gasteiger partial charge in [-0.3, -0.25) is 0 Å². The Balaban J connectivity index is 1.29. The fourth-order valence-electron chi connectivity index (χ4n) is 4.92. The van der Waals surface area contributed by atoms with Crippen LogP contribution >= 0.6 is 0 Å². The molecule has 3 aromatic carbocycles. The van der Waals surface area contributed by atoms with Gasteiger partial charge in [-0.1, -0.05) is 54.6 Å². The Labute approximate surface area is 211 Å². The Morgan fingerprint density at radius 3 is 1.86 bits per heavy atom. The Hall–Kier alpha value is -3.55. The Kier molecular flexibility index (Phi) is 6.85. The molecular weight excluding hydrogens is 456 g/mol. The van der Waals surface area contributed by atoms with Crippen LogP contribution in [0.2, 0.25) is 0 Å². The average molecular weight is 489 g/mol. The second-order valence-corrected chi connectivity index (χ2v) is 9.89. The van der Waals surface area contributed by atoms with Gasteiger partial charge in [0.15, 0.2) is 5.79 Å². The van der Waals surface area contributed by atoms with Crippen molar-refractivity contribution in [2.75, 3.05) is 0 Å². The molecule has 0 unspecified atom stereocenters. The van der Waals surface area contributed by atoms with Gasteiger partial charge in [-0.15, -0.1) is 0 Å². The van der Waals surface area contributed by atoms with Gasteiger partial charge in [0.05, 0.1) is 12.1 Å². The van der Waals surface area contributed by atoms with Crippen molar-refractivity contribution in [3.8, 4) is 11.5 Å². The van der Waals surface area contributed by atoms with Crippen molar-refractivity contribution < 1.29 is 24.1 Å². The van der Waals surface area contributed by atoms with Crippen LogP contribution in [-0.4, -0.2) is 41.2 Å². The zero-order valence-electron chi connectivity index (χ0n) is 20.5. The number of hydrogen-bond donors (Lipinski definition) is 3. The highest BCUT2D eigenvalue weighted by Gasteiger charge is 2.50. The molecule has 188 valence electrons. The van der Waals surface area contributed by atoms with E-state index >= 15 is 0 Å². The van der Waals surface area contributed by atoms with Crippen molar-refractivity contribution in [2.45, 2.75) is 63.4 Å². The van der Waals surface area contributed by atoms with Crippen LogP contribution in [0.15, 0.2) is 78.9 Å². The monoisotopic (exact) mass is 488 g/mol. The molecule has 0 spiro atoms. The molecule has 3 aromatic rings. The first kappa shape index (κ1) is 24.2. The number of carbonyl (C=O) groups excluding carboxylic acids is 1. The number of ether oxygens (including phenoxy) is 3. The first-order valence-corrected chi connectivity index (χ1v) is 12.3. The molecule has 2 fully saturated rings. The molecule has 0 saturated carbocycles. The van der Waals surface area contributed by atoms with Crippen molar-refractivity contribution in [2.24, 2.45) is 0 Å². The lowest BCUT2D eigenvalue weighted by Crippen LogP contribution is -2.47. The summed E-state index contributed by atoms with van der Waals surface area (Å²) in [6.07, 6.45) is 0.509. The lowest BCUT2D eigenvalue weighted by atomic mass is 9.92. The van der Waals surface area contributed by atoms with Gasteiger partial charge in [-0.25, -0.2) is 4.79 Å². The molecule has 2 saturated heterocycles. The minimum atomic E-state index is -0.764. The first-order chi connectivity index (χ1) is 17.3. The number of hydrogen-bond acceptors (Lipinski definition) is 5. The van der Waals surface area contributed by atoms with Crippen LogP contribution in [-0.2, 0) is 28.9 Å². The molecule has 7 nitrogen and oxygen atoms in total. The van der Waals surface area contributed by atoms with Crippen molar-refractivity contribution in [1.82, 2.24) is 10.6 Å². The van der Waals surface area contributed by atoms with E-state index in [2.05, 4.69) is 10.6 Å². The van der Waals surface area contributed by atoms with Gasteiger partial charge in [-0.2, -0.15) is 0 Å². The summed E-state index contributed by atoms with van der Waals surface area (Å²) in [7, 11) is 0. The lowest BCUT2D eigenvalue weighted by molar-refractivity contribution is -0.150. The third-order valence-electron chi connectivity index (χ3n) is 6.61. The van der Waals surface area contributed by atoms with E-state index in [0.717, 1.165) is 22.4 Å². The molecule has 2 amide bonds. The van der Waals surface area contributed by atoms with Crippen molar-refractivity contribution >= 4 is 6.03 Å². The number of nitrogens with one attached hydrogen (secondary N) is 2. The number of carbonyl (C=O) groups is 1. The third kappa shape index (κ3) is 5.80. The molecule has 3 N–H and O–H groups in total. The summed E-state index contributed by atoms with van der Waals surface area (Å²) < 4.78 is 18.5. The standard InChI is InChI=1S/C29H32N2O5/c1-29(2)35-26-24(16-19-8-12-22(32)13-9-19)30-28(33)31-25(27(26)36-29)17-20-10-14-23(15-11-20)34-18-21-6-4-3-5-7-21/h3-15,24-27,32H,16-18H2,1-2H3,(H2,30,31,33)/t24-,25-,26+,27+/m1/s1. The van der Waals surface area contributed by atoms with Gasteiger partial charge >= 0.3 is 6.03 Å². The largest absolute Gasteiger partial charge is 0.508 e. The van der Waals surface area contributed by atoms with Crippen LogP contribution in [0.5, 0.6) is 11.5 Å². The van der Waals surface area contributed by atoms with Gasteiger partial charge in [0, 0.05) is 0 Å². The van der Waals surface area contributed by atoms with E-state index in [1.54, 1.807) is 12.1 Å². The Morgan fingerprint density at radius 2 is 1.31 bits per heavy atom. The normalized spacial score (nSPS) is 24.8. The zero-order valence-corrected chi connectivity index (χ0v) is 20.5. The molecule has 2 aliphatic rings. The number of rotatable bonds is 7. The van der Waals surface area contributed by atoms with Gasteiger partial charge < -0.3 is 30.0 Å². The fraction of sp³-hybridized carbons (Fsp3) is 0.345. The van der Waals surface area contributed by atoms with Gasteiger partial charge in [0.1, 0.15) is 30.3 Å². The maximum absolute atomic E-state index is 12.8. The quantitative estimate of drug-likeness (QED) is 0.461. The molecule has 0 aromatic heterocycles. The summed E-state index contributed by atoms with van der Waals surface area (Å²) in [5, 5.41) is 15.8. The van der Waals surface area contributed by atoms with E-state index in [0.29, 0.717) is 19.4 Å². The molecule has 2 aliphatic heterocycles. The van der Waals surface area contributed by atoms with Gasteiger partial charge in [0.25, 0.3) is 0 Å². The minimum Gasteiger partial charge on any atom is -0.508 e. The van der Waals surface area contributed by atoms with Crippen LogP contribution < -0.4 is 15.4 Å². The van der Waals surface area contributed by atoms with Gasteiger partial charge in [0.2, 0.25) is 0 Å². The van der Waals surface area contributed by atoms with Crippen LogP contribution in [0.4, 0.5) is 4.79 Å². The van der Waals surface area contributed by atoms with Crippen molar-refractivity contribution in [3.63, 3.8) is 0 Å². The summed E-state index contributed by atoms with van der Waals surface area (Å²) in [5.74, 6) is 0.239. The van der Waals surface area contributed by atoms with Crippen LogP contribution in [0.1, 0.15) is 30.5 Å². The van der Waals surface area contributed by atoms with E-state index in [1.165, 1.54) is 0 Å². The number of urea groups is 1. The first-order valence-electron chi connectivity index (χ1n) is 12.3. The Bertz CT molecular complexity index is 1160. The summed E-state index contributed by atoms with van der Waals surface area (Å²) >= 11 is 0. The molecule has 0 radical (unpaired) electrons. The summed E-state index contributed by atoms with van der Waals surface area (Å²) in [6.45, 7) is 4.31. The molecule has 7 heteroatoms. The highest BCUT2D eigenvalue weighted by molar-refractivity contribution is 5.75. The predicted molar refractivity (Wildman–Crippen MR) is 136 cm³/mol. The fourth-order valence-corrected chi connectivity index (χ4v) is 4.92. The van der Waals surface area contributed by atoms with E-state index in [4.69, 9.17) is 14.2 Å². The second-order valence-electron chi connectivity index (χ2n) is 9.89. The van der Waals surface area contributed by atoms with Gasteiger partial charge in [-0.05, 0) is 67.6 Å². The summed E-state index contributed by atoms with van der Waals surface area (Å²) in [4.78, 5) is 12.8. The average Bonchev–Trinajstić information content (AvgIpc) is 3.15. The van der Waals surface area contributed by atoms with E-state index < -0.39 is 5.79 Å². The number of aromatic hydroxyl groups is 1. The maximum atomic E-state index is 12.8. The predicted octanol–water partition coefficient (Wildman–Crippen LogP) is 4.33. The van der Waals surface area contributed by atoms with Crippen molar-refractivity contribution in [3.05, 3.63) is 95.6 Å².